The first-order valence-corrected chi connectivity index (χ1v) is 7.85. The zero-order chi connectivity index (χ0) is 13.1. The van der Waals surface area contributed by atoms with Crippen molar-refractivity contribution < 1.29 is 0 Å². The molecule has 100 valence electrons. The third-order valence-electron chi connectivity index (χ3n) is 3.54. The van der Waals surface area contributed by atoms with E-state index >= 15 is 0 Å². The van der Waals surface area contributed by atoms with E-state index in [1.165, 1.54) is 34.0 Å². The summed E-state index contributed by atoms with van der Waals surface area (Å²) in [5.74, 6) is 0. The number of aryl methyl sites for hydroxylation is 3. The van der Waals surface area contributed by atoms with Crippen LogP contribution in [0.25, 0.3) is 0 Å². The summed E-state index contributed by atoms with van der Waals surface area (Å²) in [6.07, 6.45) is 4.83. The van der Waals surface area contributed by atoms with Gasteiger partial charge in [0.15, 0.2) is 0 Å². The van der Waals surface area contributed by atoms with Gasteiger partial charge in [0.25, 0.3) is 0 Å². The van der Waals surface area contributed by atoms with Crippen LogP contribution in [0, 0.1) is 6.92 Å². The molecule has 0 saturated heterocycles. The van der Waals surface area contributed by atoms with Gasteiger partial charge in [0.1, 0.15) is 0 Å². The van der Waals surface area contributed by atoms with Gasteiger partial charge in [-0.1, -0.05) is 30.3 Å². The molecule has 0 atom stereocenters. The van der Waals surface area contributed by atoms with Crippen LogP contribution in [-0.4, -0.2) is 11.0 Å². The molecule has 1 aliphatic carbocycles. The van der Waals surface area contributed by atoms with Crippen LogP contribution in [0.15, 0.2) is 30.3 Å². The minimum atomic E-state index is 0.772. The molecule has 1 heterocycles. The Balaban J connectivity index is 1.57. The summed E-state index contributed by atoms with van der Waals surface area (Å²) in [5.41, 5.74) is 2.61. The lowest BCUT2D eigenvalue weighted by Crippen LogP contribution is -2.14. The molecule has 2 nitrogen and oxygen atoms in total. The largest absolute Gasteiger partial charge is 0.309 e. The van der Waals surface area contributed by atoms with E-state index in [9.17, 15) is 0 Å². The molecule has 1 aromatic heterocycles. The van der Waals surface area contributed by atoms with Gasteiger partial charge in [0.2, 0.25) is 0 Å². The third-order valence-corrected chi connectivity index (χ3v) is 4.75. The smallest absolute Gasteiger partial charge is 0.0934 e. The summed E-state index contributed by atoms with van der Waals surface area (Å²) >= 11 is 1.87. The Hall–Kier alpha value is -1.19. The van der Waals surface area contributed by atoms with Crippen LogP contribution in [-0.2, 0) is 19.4 Å². The first kappa shape index (κ1) is 12.8. The van der Waals surface area contributed by atoms with Crippen LogP contribution in [0.4, 0.5) is 0 Å². The molecule has 0 unspecified atom stereocenters. The van der Waals surface area contributed by atoms with Gasteiger partial charge < -0.3 is 5.32 Å². The summed E-state index contributed by atoms with van der Waals surface area (Å²) in [6.45, 7) is 3.13. The zero-order valence-electron chi connectivity index (χ0n) is 11.4. The van der Waals surface area contributed by atoms with E-state index in [0.717, 1.165) is 25.4 Å². The predicted molar refractivity (Wildman–Crippen MR) is 80.6 cm³/mol. The fraction of sp³-hybridized carbons (Fsp3) is 0.438. The van der Waals surface area contributed by atoms with Crippen molar-refractivity contribution in [3.8, 4) is 0 Å². The summed E-state index contributed by atoms with van der Waals surface area (Å²) in [6, 6.07) is 11.4. The van der Waals surface area contributed by atoms with Gasteiger partial charge in [0, 0.05) is 23.9 Å². The fourth-order valence-electron chi connectivity index (χ4n) is 2.18. The minimum Gasteiger partial charge on any atom is -0.309 e. The Morgan fingerprint density at radius 1 is 1.21 bits per heavy atom. The Morgan fingerprint density at radius 2 is 2.00 bits per heavy atom. The van der Waals surface area contributed by atoms with Crippen molar-refractivity contribution in [1.29, 1.82) is 0 Å². The molecule has 2 aromatic rings. The van der Waals surface area contributed by atoms with Gasteiger partial charge in [-0.2, -0.15) is 0 Å². The third kappa shape index (κ3) is 3.64. The molecule has 0 radical (unpaired) electrons. The van der Waals surface area contributed by atoms with Crippen molar-refractivity contribution in [3.05, 3.63) is 51.5 Å². The summed E-state index contributed by atoms with van der Waals surface area (Å²) in [4.78, 5) is 6.11. The Morgan fingerprint density at radius 3 is 2.74 bits per heavy atom. The number of benzene rings is 1. The van der Waals surface area contributed by atoms with Gasteiger partial charge >= 0.3 is 0 Å². The Bertz CT molecular complexity index is 529. The van der Waals surface area contributed by atoms with Crippen molar-refractivity contribution in [3.63, 3.8) is 0 Å². The number of nitrogens with zero attached hydrogens (tertiary/aromatic N) is 1. The zero-order valence-corrected chi connectivity index (χ0v) is 12.2. The molecule has 1 saturated carbocycles. The van der Waals surface area contributed by atoms with E-state index in [4.69, 9.17) is 4.98 Å². The molecule has 0 amide bonds. The van der Waals surface area contributed by atoms with Crippen LogP contribution in [0.2, 0.25) is 0 Å². The van der Waals surface area contributed by atoms with E-state index in [1.807, 2.05) is 11.3 Å². The average Bonchev–Trinajstić information content (AvgIpc) is 3.19. The minimum absolute atomic E-state index is 0.772. The lowest BCUT2D eigenvalue weighted by atomic mass is 10.1. The van der Waals surface area contributed by atoms with Crippen molar-refractivity contribution >= 4 is 11.3 Å². The maximum Gasteiger partial charge on any atom is 0.0934 e. The van der Waals surface area contributed by atoms with E-state index in [1.54, 1.807) is 0 Å². The molecule has 1 N–H and O–H groups in total. The Labute approximate surface area is 118 Å². The highest BCUT2D eigenvalue weighted by Gasteiger charge is 2.20. The lowest BCUT2D eigenvalue weighted by molar-refractivity contribution is 0.691. The first-order valence-electron chi connectivity index (χ1n) is 7.04. The number of thiazole rings is 1. The van der Waals surface area contributed by atoms with Crippen molar-refractivity contribution in [1.82, 2.24) is 10.3 Å². The number of nitrogens with one attached hydrogen (secondary N) is 1. The second-order valence-electron chi connectivity index (χ2n) is 5.26. The van der Waals surface area contributed by atoms with E-state index < -0.39 is 0 Å². The highest BCUT2D eigenvalue weighted by molar-refractivity contribution is 7.11. The topological polar surface area (TPSA) is 24.9 Å². The summed E-state index contributed by atoms with van der Waals surface area (Å²) in [7, 11) is 0. The predicted octanol–water partition coefficient (Wildman–Crippen LogP) is 3.49. The van der Waals surface area contributed by atoms with Gasteiger partial charge in [-0.15, -0.1) is 11.3 Å². The van der Waals surface area contributed by atoms with Crippen molar-refractivity contribution in [2.24, 2.45) is 0 Å². The van der Waals surface area contributed by atoms with Crippen LogP contribution in [0.5, 0.6) is 0 Å². The van der Waals surface area contributed by atoms with Crippen LogP contribution in [0.1, 0.15) is 34.0 Å². The number of hydrogen-bond acceptors (Lipinski definition) is 3. The first-order chi connectivity index (χ1) is 9.31. The average molecular weight is 272 g/mol. The Kier molecular flexibility index (Phi) is 3.95. The highest BCUT2D eigenvalue weighted by Crippen LogP contribution is 2.23. The molecule has 0 aliphatic heterocycles. The SMILES string of the molecule is Cc1nc(CCc2ccccc2)sc1CNC1CC1. The molecule has 0 bridgehead atoms. The molecule has 0 spiro atoms. The fourth-order valence-corrected chi connectivity index (χ4v) is 3.20. The number of hydrogen-bond donors (Lipinski definition) is 1. The second kappa shape index (κ2) is 5.85. The molecule has 3 heteroatoms. The monoisotopic (exact) mass is 272 g/mol. The standard InChI is InChI=1S/C16H20N2S/c1-12-15(11-17-14-8-9-14)19-16(18-12)10-7-13-5-3-2-4-6-13/h2-6,14,17H,7-11H2,1H3. The highest BCUT2D eigenvalue weighted by atomic mass is 32.1. The van der Waals surface area contributed by atoms with Gasteiger partial charge in [-0.25, -0.2) is 4.98 Å². The van der Waals surface area contributed by atoms with Gasteiger partial charge in [-0.3, -0.25) is 0 Å². The van der Waals surface area contributed by atoms with E-state index in [-0.39, 0.29) is 0 Å². The van der Waals surface area contributed by atoms with E-state index in [0.29, 0.717) is 0 Å². The molecule has 1 aromatic carbocycles. The number of rotatable bonds is 6. The van der Waals surface area contributed by atoms with Crippen molar-refractivity contribution in [2.45, 2.75) is 45.2 Å². The molecule has 3 rings (SSSR count). The van der Waals surface area contributed by atoms with Crippen molar-refractivity contribution in [2.75, 3.05) is 0 Å². The maximum absolute atomic E-state index is 4.70. The summed E-state index contributed by atoms with van der Waals surface area (Å²) < 4.78 is 0. The molecule has 19 heavy (non-hydrogen) atoms. The normalized spacial score (nSPS) is 14.8. The second-order valence-corrected chi connectivity index (χ2v) is 6.43. The van der Waals surface area contributed by atoms with Gasteiger partial charge in [-0.05, 0) is 31.7 Å². The maximum atomic E-state index is 4.70. The van der Waals surface area contributed by atoms with Crippen LogP contribution >= 0.6 is 11.3 Å². The van der Waals surface area contributed by atoms with Gasteiger partial charge in [0.05, 0.1) is 10.7 Å². The quantitative estimate of drug-likeness (QED) is 0.870. The lowest BCUT2D eigenvalue weighted by Gasteiger charge is -1.99. The molecular formula is C16H20N2S. The van der Waals surface area contributed by atoms with Crippen LogP contribution < -0.4 is 5.32 Å². The summed E-state index contributed by atoms with van der Waals surface area (Å²) in [5, 5.41) is 4.84. The van der Waals surface area contributed by atoms with Crippen LogP contribution in [0.3, 0.4) is 0 Å². The molecule has 1 fully saturated rings. The molecule has 1 aliphatic rings. The molecular weight excluding hydrogens is 252 g/mol. The number of aromatic nitrogens is 1. The van der Waals surface area contributed by atoms with E-state index in [2.05, 4.69) is 42.6 Å².